The van der Waals surface area contributed by atoms with Crippen molar-refractivity contribution in [2.24, 2.45) is 10.9 Å². The average Bonchev–Trinajstić information content (AvgIpc) is 2.79. The first kappa shape index (κ1) is 23.9. The van der Waals surface area contributed by atoms with E-state index in [0.29, 0.717) is 28.8 Å². The average molecular weight is 463 g/mol. The number of nitrogens with two attached hydrogens (primary N) is 2. The smallest absolute Gasteiger partial charge is 0.248 e. The number of nitrogens with one attached hydrogen (secondary N) is 2. The molecule has 0 saturated carbocycles. The highest BCUT2D eigenvalue weighted by Crippen LogP contribution is 2.28. The van der Waals surface area contributed by atoms with Crippen LogP contribution in [0.4, 0.5) is 5.69 Å². The molecule has 0 aliphatic heterocycles. The minimum Gasteiger partial charge on any atom is -0.384 e. The zero-order valence-electron chi connectivity index (χ0n) is 18.2. The second-order valence-electron chi connectivity index (χ2n) is 7.52. The summed E-state index contributed by atoms with van der Waals surface area (Å²) >= 11 is 0. The normalized spacial score (nSPS) is 11.8. The van der Waals surface area contributed by atoms with Gasteiger partial charge in [0, 0.05) is 22.9 Å². The van der Waals surface area contributed by atoms with Gasteiger partial charge in [-0.25, -0.2) is 13.6 Å². The van der Waals surface area contributed by atoms with Crippen molar-refractivity contribution in [3.05, 3.63) is 90.0 Å². The molecule has 0 aromatic heterocycles. The Kier molecular flexibility index (Phi) is 7.42. The maximum absolute atomic E-state index is 12.7. The Hall–Kier alpha value is -3.75. The maximum atomic E-state index is 12.7. The van der Waals surface area contributed by atoms with Gasteiger partial charge in [-0.1, -0.05) is 61.9 Å². The van der Waals surface area contributed by atoms with Crippen LogP contribution in [0.2, 0.25) is 0 Å². The van der Waals surface area contributed by atoms with E-state index >= 15 is 0 Å². The number of anilines is 1. The summed E-state index contributed by atoms with van der Waals surface area (Å²) < 4.78 is 23.7. The number of benzene rings is 3. The molecule has 6 N–H and O–H groups in total. The van der Waals surface area contributed by atoms with Crippen molar-refractivity contribution >= 4 is 33.0 Å². The lowest BCUT2D eigenvalue weighted by atomic mass is 9.98. The number of nitrogen functional groups attached to an aromatic ring is 1. The maximum Gasteiger partial charge on any atom is 0.248 e. The van der Waals surface area contributed by atoms with Gasteiger partial charge in [-0.2, -0.15) is 0 Å². The van der Waals surface area contributed by atoms with Crippen molar-refractivity contribution in [1.29, 1.82) is 5.41 Å². The Morgan fingerprint density at radius 3 is 2.30 bits per heavy atom. The van der Waals surface area contributed by atoms with E-state index in [1.165, 1.54) is 6.07 Å². The van der Waals surface area contributed by atoms with E-state index in [1.54, 1.807) is 60.7 Å². The Bertz CT molecular complexity index is 1310. The SMILES string of the molecule is CCCC(=CC(=O)Nc1ccc(-c2ccccc2S(N)(=O)=O)cc1)c1cccc(C(=N)N)c1. The van der Waals surface area contributed by atoms with E-state index in [4.69, 9.17) is 16.3 Å². The van der Waals surface area contributed by atoms with E-state index in [-0.39, 0.29) is 16.6 Å². The van der Waals surface area contributed by atoms with Crippen molar-refractivity contribution in [3.8, 4) is 11.1 Å². The van der Waals surface area contributed by atoms with Crippen LogP contribution in [0.3, 0.4) is 0 Å². The molecular formula is C25H26N4O3S. The summed E-state index contributed by atoms with van der Waals surface area (Å²) in [6.45, 7) is 2.03. The molecule has 3 aromatic carbocycles. The fourth-order valence-electron chi connectivity index (χ4n) is 3.48. The molecule has 0 bridgehead atoms. The summed E-state index contributed by atoms with van der Waals surface area (Å²) in [6.07, 6.45) is 3.09. The lowest BCUT2D eigenvalue weighted by molar-refractivity contribution is -0.111. The Morgan fingerprint density at radius 1 is 1.00 bits per heavy atom. The highest BCUT2D eigenvalue weighted by molar-refractivity contribution is 7.89. The van der Waals surface area contributed by atoms with Gasteiger partial charge < -0.3 is 11.1 Å². The van der Waals surface area contributed by atoms with Crippen LogP contribution in [0.15, 0.2) is 83.8 Å². The number of carbonyl (C=O) groups is 1. The number of amidine groups is 1. The lowest BCUT2D eigenvalue weighted by Crippen LogP contribution is -2.13. The first-order chi connectivity index (χ1) is 15.7. The summed E-state index contributed by atoms with van der Waals surface area (Å²) in [5.74, 6) is -0.314. The first-order valence-corrected chi connectivity index (χ1v) is 11.9. The molecule has 3 rings (SSSR count). The van der Waals surface area contributed by atoms with E-state index in [1.807, 2.05) is 19.1 Å². The van der Waals surface area contributed by atoms with E-state index in [2.05, 4.69) is 5.32 Å². The van der Waals surface area contributed by atoms with Gasteiger partial charge in [-0.15, -0.1) is 0 Å². The minimum absolute atomic E-state index is 0.0266. The third-order valence-corrected chi connectivity index (χ3v) is 6.00. The van der Waals surface area contributed by atoms with Crippen LogP contribution < -0.4 is 16.2 Å². The fraction of sp³-hybridized carbons (Fsp3) is 0.120. The molecule has 0 aliphatic rings. The van der Waals surface area contributed by atoms with Crippen LogP contribution in [0.1, 0.15) is 30.9 Å². The Balaban J connectivity index is 1.82. The molecule has 8 heteroatoms. The van der Waals surface area contributed by atoms with Gasteiger partial charge in [0.15, 0.2) is 0 Å². The summed E-state index contributed by atoms with van der Waals surface area (Å²) in [6, 6.07) is 20.6. The van der Waals surface area contributed by atoms with Gasteiger partial charge in [-0.3, -0.25) is 10.2 Å². The number of hydrogen-bond donors (Lipinski definition) is 4. The molecule has 7 nitrogen and oxygen atoms in total. The summed E-state index contributed by atoms with van der Waals surface area (Å²) in [4.78, 5) is 12.7. The van der Waals surface area contributed by atoms with Gasteiger partial charge in [0.1, 0.15) is 5.84 Å². The van der Waals surface area contributed by atoms with Crippen molar-refractivity contribution in [1.82, 2.24) is 0 Å². The van der Waals surface area contributed by atoms with Crippen LogP contribution in [-0.2, 0) is 14.8 Å². The van der Waals surface area contributed by atoms with Crippen LogP contribution in [0.5, 0.6) is 0 Å². The highest BCUT2D eigenvalue weighted by Gasteiger charge is 2.14. The number of amides is 1. The third kappa shape index (κ3) is 6.15. The minimum atomic E-state index is -3.86. The zero-order valence-corrected chi connectivity index (χ0v) is 19.0. The molecule has 33 heavy (non-hydrogen) atoms. The first-order valence-electron chi connectivity index (χ1n) is 10.4. The van der Waals surface area contributed by atoms with Gasteiger partial charge in [-0.05, 0) is 47.4 Å². The second-order valence-corrected chi connectivity index (χ2v) is 9.05. The van der Waals surface area contributed by atoms with Gasteiger partial charge in [0.25, 0.3) is 0 Å². The molecular weight excluding hydrogens is 436 g/mol. The van der Waals surface area contributed by atoms with Crippen molar-refractivity contribution in [3.63, 3.8) is 0 Å². The Morgan fingerprint density at radius 2 is 1.67 bits per heavy atom. The highest BCUT2D eigenvalue weighted by atomic mass is 32.2. The van der Waals surface area contributed by atoms with E-state index in [9.17, 15) is 13.2 Å². The van der Waals surface area contributed by atoms with Crippen LogP contribution in [0.25, 0.3) is 16.7 Å². The molecule has 0 unspecified atom stereocenters. The fourth-order valence-corrected chi connectivity index (χ4v) is 4.24. The summed E-state index contributed by atoms with van der Waals surface area (Å²) in [5.41, 5.74) is 9.61. The molecule has 0 heterocycles. The number of sulfonamides is 1. The number of carbonyl (C=O) groups excluding carboxylic acids is 1. The molecule has 0 aliphatic carbocycles. The molecule has 0 fully saturated rings. The topological polar surface area (TPSA) is 139 Å². The molecule has 0 atom stereocenters. The van der Waals surface area contributed by atoms with E-state index < -0.39 is 10.0 Å². The van der Waals surface area contributed by atoms with Crippen molar-refractivity contribution in [2.45, 2.75) is 24.7 Å². The largest absolute Gasteiger partial charge is 0.384 e. The standard InChI is InChI=1S/C25H26N4O3S/c1-2-6-18(19-7-5-8-20(15-19)25(26)27)16-24(30)29-21-13-11-17(12-14-21)22-9-3-4-10-23(22)33(28,31)32/h3-5,7-16H,2,6H2,1H3,(H3,26,27)(H,29,30)(H2,28,31,32). The lowest BCUT2D eigenvalue weighted by Gasteiger charge is -2.10. The number of rotatable bonds is 8. The summed E-state index contributed by atoms with van der Waals surface area (Å²) in [7, 11) is -3.86. The molecule has 3 aromatic rings. The van der Waals surface area contributed by atoms with Gasteiger partial charge >= 0.3 is 0 Å². The van der Waals surface area contributed by atoms with Crippen LogP contribution >= 0.6 is 0 Å². The molecule has 170 valence electrons. The molecule has 1 amide bonds. The molecule has 0 radical (unpaired) electrons. The van der Waals surface area contributed by atoms with Gasteiger partial charge in [0.05, 0.1) is 4.90 Å². The van der Waals surface area contributed by atoms with Crippen LogP contribution in [-0.4, -0.2) is 20.2 Å². The van der Waals surface area contributed by atoms with Crippen LogP contribution in [0, 0.1) is 5.41 Å². The quantitative estimate of drug-likeness (QED) is 0.227. The Labute approximate surface area is 193 Å². The number of allylic oxidation sites excluding steroid dienone is 1. The second kappa shape index (κ2) is 10.2. The van der Waals surface area contributed by atoms with E-state index in [0.717, 1.165) is 17.6 Å². The zero-order chi connectivity index (χ0) is 24.0. The predicted octanol–water partition coefficient (Wildman–Crippen LogP) is 4.11. The molecule has 0 spiro atoms. The monoisotopic (exact) mass is 462 g/mol. The number of primary sulfonamides is 1. The third-order valence-electron chi connectivity index (χ3n) is 5.03. The molecule has 0 saturated heterocycles. The van der Waals surface area contributed by atoms with Crippen molar-refractivity contribution < 1.29 is 13.2 Å². The van der Waals surface area contributed by atoms with Gasteiger partial charge in [0.2, 0.25) is 15.9 Å². The number of hydrogen-bond acceptors (Lipinski definition) is 4. The predicted molar refractivity (Wildman–Crippen MR) is 132 cm³/mol. The van der Waals surface area contributed by atoms with Crippen molar-refractivity contribution in [2.75, 3.05) is 5.32 Å². The summed E-state index contributed by atoms with van der Waals surface area (Å²) in [5, 5.41) is 15.8.